The molecule has 0 spiro atoms. The summed E-state index contributed by atoms with van der Waals surface area (Å²) in [5.74, 6) is 0.955. The molecule has 4 heteroatoms. The van der Waals surface area contributed by atoms with Crippen LogP contribution >= 0.6 is 0 Å². The molecule has 0 bridgehead atoms. The Kier molecular flexibility index (Phi) is 4.31. The first-order chi connectivity index (χ1) is 9.40. The van der Waals surface area contributed by atoms with Gasteiger partial charge in [-0.3, -0.25) is 9.78 Å². The van der Waals surface area contributed by atoms with E-state index in [1.165, 1.54) is 28.2 Å². The Morgan fingerprint density at radius 1 is 1.20 bits per heavy atom. The molecular weight excluding hydrogens is 248 g/mol. The molecule has 2 aromatic rings. The summed E-state index contributed by atoms with van der Waals surface area (Å²) in [5, 5.41) is 12.2. The molecule has 0 saturated carbocycles. The lowest BCUT2D eigenvalue weighted by Gasteiger charge is -2.09. The quantitative estimate of drug-likeness (QED) is 0.905. The molecule has 0 aliphatic rings. The Morgan fingerprint density at radius 2 is 1.90 bits per heavy atom. The van der Waals surface area contributed by atoms with E-state index in [-0.39, 0.29) is 0 Å². The highest BCUT2D eigenvalue weighted by Crippen LogP contribution is 2.25. The first kappa shape index (κ1) is 14.8. The fourth-order valence-electron chi connectivity index (χ4n) is 2.86. The fourth-order valence-corrected chi connectivity index (χ4v) is 2.86. The molecule has 0 amide bonds. The van der Waals surface area contributed by atoms with E-state index in [4.69, 9.17) is 0 Å². The number of aryl methyl sites for hydroxylation is 3. The van der Waals surface area contributed by atoms with Crippen LogP contribution in [-0.4, -0.2) is 20.0 Å². The highest BCUT2D eigenvalue weighted by Gasteiger charge is 2.16. The predicted octanol–water partition coefficient (Wildman–Crippen LogP) is 3.62. The van der Waals surface area contributed by atoms with E-state index in [0.29, 0.717) is 11.8 Å². The number of rotatable bonds is 5. The molecule has 2 rings (SSSR count). The SMILES string of the molecule is Cc1cn(C)nc1C(C)CCc1[nH]nc(C(C)C)c1C. The van der Waals surface area contributed by atoms with Crippen molar-refractivity contribution in [3.8, 4) is 0 Å². The van der Waals surface area contributed by atoms with Gasteiger partial charge in [-0.2, -0.15) is 10.2 Å². The second-order valence-corrected chi connectivity index (χ2v) is 6.18. The van der Waals surface area contributed by atoms with Crippen LogP contribution in [0.4, 0.5) is 0 Å². The summed E-state index contributed by atoms with van der Waals surface area (Å²) in [5.41, 5.74) is 6.29. The standard InChI is InChI=1S/C16H26N4/c1-10(2)15-13(5)14(17-18-15)8-7-11(3)16-12(4)9-20(6)19-16/h9-11H,7-8H2,1-6H3,(H,17,18). The highest BCUT2D eigenvalue weighted by molar-refractivity contribution is 5.26. The van der Waals surface area contributed by atoms with Crippen LogP contribution in [0.25, 0.3) is 0 Å². The summed E-state index contributed by atoms with van der Waals surface area (Å²) in [7, 11) is 1.98. The molecule has 1 atom stereocenters. The maximum absolute atomic E-state index is 4.57. The zero-order valence-corrected chi connectivity index (χ0v) is 13.5. The van der Waals surface area contributed by atoms with Crippen molar-refractivity contribution < 1.29 is 0 Å². The normalized spacial score (nSPS) is 13.2. The maximum atomic E-state index is 4.57. The molecule has 2 aromatic heterocycles. The summed E-state index contributed by atoms with van der Waals surface area (Å²) < 4.78 is 1.90. The number of aromatic nitrogens is 4. The first-order valence-corrected chi connectivity index (χ1v) is 7.44. The monoisotopic (exact) mass is 274 g/mol. The third kappa shape index (κ3) is 2.94. The summed E-state index contributed by atoms with van der Waals surface area (Å²) in [6, 6.07) is 0. The summed E-state index contributed by atoms with van der Waals surface area (Å²) in [6.45, 7) is 10.9. The Morgan fingerprint density at radius 3 is 2.40 bits per heavy atom. The number of nitrogens with one attached hydrogen (secondary N) is 1. The van der Waals surface area contributed by atoms with Gasteiger partial charge in [-0.1, -0.05) is 20.8 Å². The fraction of sp³-hybridized carbons (Fsp3) is 0.625. The minimum Gasteiger partial charge on any atom is -0.282 e. The van der Waals surface area contributed by atoms with Gasteiger partial charge in [0.15, 0.2) is 0 Å². The lowest BCUT2D eigenvalue weighted by Crippen LogP contribution is -2.01. The van der Waals surface area contributed by atoms with Crippen molar-refractivity contribution in [3.05, 3.63) is 34.4 Å². The summed E-state index contributed by atoms with van der Waals surface area (Å²) in [4.78, 5) is 0. The highest BCUT2D eigenvalue weighted by atomic mass is 15.3. The van der Waals surface area contributed by atoms with E-state index in [1.54, 1.807) is 0 Å². The van der Waals surface area contributed by atoms with E-state index in [0.717, 1.165) is 12.8 Å². The van der Waals surface area contributed by atoms with Crippen molar-refractivity contribution in [3.63, 3.8) is 0 Å². The van der Waals surface area contributed by atoms with Gasteiger partial charge >= 0.3 is 0 Å². The van der Waals surface area contributed by atoms with E-state index < -0.39 is 0 Å². The molecule has 0 saturated heterocycles. The molecule has 0 aliphatic carbocycles. The Hall–Kier alpha value is -1.58. The lowest BCUT2D eigenvalue weighted by atomic mass is 9.96. The predicted molar refractivity (Wildman–Crippen MR) is 82.1 cm³/mol. The number of hydrogen-bond acceptors (Lipinski definition) is 2. The molecule has 0 aromatic carbocycles. The van der Waals surface area contributed by atoms with Gasteiger partial charge in [-0.05, 0) is 43.7 Å². The molecule has 0 fully saturated rings. The van der Waals surface area contributed by atoms with E-state index in [2.05, 4.69) is 56.1 Å². The third-order valence-electron chi connectivity index (χ3n) is 4.04. The molecule has 1 unspecified atom stereocenters. The van der Waals surface area contributed by atoms with Gasteiger partial charge in [-0.15, -0.1) is 0 Å². The smallest absolute Gasteiger partial charge is 0.0681 e. The zero-order valence-electron chi connectivity index (χ0n) is 13.5. The van der Waals surface area contributed by atoms with Crippen LogP contribution in [0.15, 0.2) is 6.20 Å². The average molecular weight is 274 g/mol. The number of hydrogen-bond donors (Lipinski definition) is 1. The largest absolute Gasteiger partial charge is 0.282 e. The van der Waals surface area contributed by atoms with Crippen LogP contribution in [-0.2, 0) is 13.5 Å². The molecule has 2 heterocycles. The Balaban J connectivity index is 2.04. The topological polar surface area (TPSA) is 46.5 Å². The molecular formula is C16H26N4. The molecule has 0 aliphatic heterocycles. The second kappa shape index (κ2) is 5.81. The van der Waals surface area contributed by atoms with Gasteiger partial charge in [-0.25, -0.2) is 0 Å². The third-order valence-corrected chi connectivity index (χ3v) is 4.04. The summed E-state index contributed by atoms with van der Waals surface area (Å²) >= 11 is 0. The molecule has 0 radical (unpaired) electrons. The van der Waals surface area contributed by atoms with E-state index in [9.17, 15) is 0 Å². The molecule has 1 N–H and O–H groups in total. The van der Waals surface area contributed by atoms with Gasteiger partial charge in [0.1, 0.15) is 0 Å². The maximum Gasteiger partial charge on any atom is 0.0681 e. The lowest BCUT2D eigenvalue weighted by molar-refractivity contribution is 0.626. The van der Waals surface area contributed by atoms with Crippen LogP contribution in [0, 0.1) is 13.8 Å². The minimum atomic E-state index is 0.474. The number of aromatic amines is 1. The van der Waals surface area contributed by atoms with Gasteiger partial charge in [0.05, 0.1) is 11.4 Å². The van der Waals surface area contributed by atoms with Crippen molar-refractivity contribution in [2.45, 2.75) is 59.3 Å². The Bertz CT molecular complexity index is 577. The van der Waals surface area contributed by atoms with Gasteiger partial charge in [0.2, 0.25) is 0 Å². The first-order valence-electron chi connectivity index (χ1n) is 7.44. The number of H-pyrrole nitrogens is 1. The average Bonchev–Trinajstić information content (AvgIpc) is 2.89. The van der Waals surface area contributed by atoms with Gasteiger partial charge in [0, 0.05) is 24.9 Å². The van der Waals surface area contributed by atoms with Crippen LogP contribution in [0.1, 0.15) is 67.2 Å². The van der Waals surface area contributed by atoms with Gasteiger partial charge in [0.25, 0.3) is 0 Å². The second-order valence-electron chi connectivity index (χ2n) is 6.18. The summed E-state index contributed by atoms with van der Waals surface area (Å²) in [6.07, 6.45) is 4.21. The van der Waals surface area contributed by atoms with Crippen LogP contribution in [0.3, 0.4) is 0 Å². The molecule has 20 heavy (non-hydrogen) atoms. The Labute approximate surface area is 121 Å². The van der Waals surface area contributed by atoms with Crippen LogP contribution in [0.5, 0.6) is 0 Å². The zero-order chi connectivity index (χ0) is 14.9. The van der Waals surface area contributed by atoms with Crippen LogP contribution < -0.4 is 0 Å². The van der Waals surface area contributed by atoms with Crippen molar-refractivity contribution >= 4 is 0 Å². The van der Waals surface area contributed by atoms with Crippen LogP contribution in [0.2, 0.25) is 0 Å². The van der Waals surface area contributed by atoms with Crippen molar-refractivity contribution in [1.29, 1.82) is 0 Å². The van der Waals surface area contributed by atoms with Crippen molar-refractivity contribution in [2.75, 3.05) is 0 Å². The molecule has 4 nitrogen and oxygen atoms in total. The van der Waals surface area contributed by atoms with Crippen molar-refractivity contribution in [1.82, 2.24) is 20.0 Å². The van der Waals surface area contributed by atoms with Crippen molar-refractivity contribution in [2.24, 2.45) is 7.05 Å². The number of nitrogens with zero attached hydrogens (tertiary/aromatic N) is 3. The molecule has 110 valence electrons. The van der Waals surface area contributed by atoms with E-state index >= 15 is 0 Å². The van der Waals surface area contributed by atoms with Gasteiger partial charge < -0.3 is 0 Å². The minimum absolute atomic E-state index is 0.474. The van der Waals surface area contributed by atoms with E-state index in [1.807, 2.05) is 11.7 Å².